The van der Waals surface area contributed by atoms with Crippen molar-refractivity contribution in [2.24, 2.45) is 11.7 Å². The van der Waals surface area contributed by atoms with Crippen LogP contribution < -0.4 is 11.1 Å². The summed E-state index contributed by atoms with van der Waals surface area (Å²) >= 11 is 0. The lowest BCUT2D eigenvalue weighted by Crippen LogP contribution is -2.49. The molecule has 1 aromatic carbocycles. The first-order valence-electron chi connectivity index (χ1n) is 6.70. The molecule has 106 valence electrons. The minimum Gasteiger partial charge on any atom is -0.352 e. The Morgan fingerprint density at radius 2 is 1.95 bits per heavy atom. The minimum absolute atomic E-state index is 0. The average Bonchev–Trinajstić information content (AvgIpc) is 2.37. The molecule has 1 unspecified atom stereocenters. The van der Waals surface area contributed by atoms with Crippen LogP contribution in [0.3, 0.4) is 0 Å². The van der Waals surface area contributed by atoms with Gasteiger partial charge in [-0.05, 0) is 36.3 Å². The summed E-state index contributed by atoms with van der Waals surface area (Å²) in [7, 11) is 0. The van der Waals surface area contributed by atoms with Gasteiger partial charge in [0.1, 0.15) is 0 Å². The van der Waals surface area contributed by atoms with Gasteiger partial charge in [0.25, 0.3) is 0 Å². The van der Waals surface area contributed by atoms with Crippen molar-refractivity contribution < 1.29 is 4.79 Å². The van der Waals surface area contributed by atoms with Gasteiger partial charge in [-0.2, -0.15) is 0 Å². The molecule has 3 nitrogen and oxygen atoms in total. The predicted molar refractivity (Wildman–Crippen MR) is 80.5 cm³/mol. The molecule has 0 saturated carbocycles. The van der Waals surface area contributed by atoms with Gasteiger partial charge in [-0.25, -0.2) is 0 Å². The fraction of sp³-hybridized carbons (Fsp3) is 0.533. The van der Waals surface area contributed by atoms with Gasteiger partial charge in [0, 0.05) is 6.04 Å². The summed E-state index contributed by atoms with van der Waals surface area (Å²) in [6.45, 7) is 3.95. The van der Waals surface area contributed by atoms with Gasteiger partial charge < -0.3 is 11.1 Å². The summed E-state index contributed by atoms with van der Waals surface area (Å²) in [5.41, 5.74) is 8.63. The highest BCUT2D eigenvalue weighted by atomic mass is 35.5. The molecule has 0 bridgehead atoms. The van der Waals surface area contributed by atoms with Gasteiger partial charge in [-0.1, -0.05) is 38.1 Å². The molecule has 1 amide bonds. The number of carbonyl (C=O) groups is 1. The van der Waals surface area contributed by atoms with Crippen molar-refractivity contribution >= 4 is 18.3 Å². The molecule has 0 fully saturated rings. The number of carbonyl (C=O) groups excluding carboxylic acids is 1. The molecule has 4 heteroatoms. The summed E-state index contributed by atoms with van der Waals surface area (Å²) in [5, 5.41) is 3.08. The highest BCUT2D eigenvalue weighted by Crippen LogP contribution is 2.21. The molecule has 1 aliphatic rings. The summed E-state index contributed by atoms with van der Waals surface area (Å²) in [6, 6.07) is 8.29. The molecule has 0 aliphatic heterocycles. The van der Waals surface area contributed by atoms with E-state index in [1.54, 1.807) is 0 Å². The Morgan fingerprint density at radius 3 is 2.58 bits per heavy atom. The van der Waals surface area contributed by atoms with Gasteiger partial charge in [0.05, 0.1) is 6.04 Å². The molecule has 0 saturated heterocycles. The largest absolute Gasteiger partial charge is 0.352 e. The van der Waals surface area contributed by atoms with Crippen LogP contribution in [0.4, 0.5) is 0 Å². The first-order chi connectivity index (χ1) is 8.58. The molecular weight excluding hydrogens is 260 g/mol. The van der Waals surface area contributed by atoms with E-state index in [-0.39, 0.29) is 30.3 Å². The Kier molecular flexibility index (Phi) is 5.83. The Bertz CT molecular complexity index is 434. The Labute approximate surface area is 121 Å². The van der Waals surface area contributed by atoms with Crippen LogP contribution in [-0.4, -0.2) is 18.0 Å². The van der Waals surface area contributed by atoms with Crippen molar-refractivity contribution in [1.29, 1.82) is 0 Å². The Morgan fingerprint density at radius 1 is 1.32 bits per heavy atom. The number of nitrogens with two attached hydrogens (primary N) is 1. The zero-order valence-corrected chi connectivity index (χ0v) is 12.4. The molecule has 2 atom stereocenters. The normalized spacial score (nSPS) is 19.3. The molecule has 0 spiro atoms. The van der Waals surface area contributed by atoms with Crippen LogP contribution >= 0.6 is 12.4 Å². The zero-order chi connectivity index (χ0) is 13.1. The van der Waals surface area contributed by atoms with E-state index in [4.69, 9.17) is 5.73 Å². The second-order valence-electron chi connectivity index (χ2n) is 5.49. The number of benzene rings is 1. The molecule has 1 aromatic rings. The molecular formula is C15H23ClN2O. The monoisotopic (exact) mass is 282 g/mol. The molecule has 1 aliphatic carbocycles. The third kappa shape index (κ3) is 3.95. The van der Waals surface area contributed by atoms with Crippen molar-refractivity contribution in [2.75, 3.05) is 0 Å². The zero-order valence-electron chi connectivity index (χ0n) is 11.6. The third-order valence-corrected chi connectivity index (χ3v) is 3.71. The smallest absolute Gasteiger partial charge is 0.237 e. The van der Waals surface area contributed by atoms with Crippen LogP contribution in [0.1, 0.15) is 31.4 Å². The Balaban J connectivity index is 0.00000180. The summed E-state index contributed by atoms with van der Waals surface area (Å²) in [4.78, 5) is 11.9. The highest BCUT2D eigenvalue weighted by Gasteiger charge is 2.23. The SMILES string of the molecule is CC(C)[C@H](N)C(=O)NC1CCc2ccccc2C1.Cl. The molecule has 0 radical (unpaired) electrons. The van der Waals surface area contributed by atoms with Crippen molar-refractivity contribution in [3.63, 3.8) is 0 Å². The topological polar surface area (TPSA) is 55.1 Å². The van der Waals surface area contributed by atoms with Gasteiger partial charge in [-0.15, -0.1) is 12.4 Å². The number of rotatable bonds is 3. The fourth-order valence-electron chi connectivity index (χ4n) is 2.42. The lowest BCUT2D eigenvalue weighted by Gasteiger charge is -2.27. The molecule has 0 aromatic heterocycles. The summed E-state index contributed by atoms with van der Waals surface area (Å²) in [5.74, 6) is 0.162. The van der Waals surface area contributed by atoms with Crippen molar-refractivity contribution in [1.82, 2.24) is 5.32 Å². The predicted octanol–water partition coefficient (Wildman–Crippen LogP) is 2.07. The highest BCUT2D eigenvalue weighted by molar-refractivity contribution is 5.85. The number of halogens is 1. The number of hydrogen-bond acceptors (Lipinski definition) is 2. The van der Waals surface area contributed by atoms with E-state index < -0.39 is 6.04 Å². The number of amides is 1. The van der Waals surface area contributed by atoms with Crippen LogP contribution in [0.2, 0.25) is 0 Å². The first-order valence-corrected chi connectivity index (χ1v) is 6.70. The quantitative estimate of drug-likeness (QED) is 0.892. The Hall–Kier alpha value is -1.06. The maximum absolute atomic E-state index is 11.9. The molecule has 3 N–H and O–H groups in total. The maximum Gasteiger partial charge on any atom is 0.237 e. The van der Waals surface area contributed by atoms with Gasteiger partial charge in [0.2, 0.25) is 5.91 Å². The van der Waals surface area contributed by atoms with Crippen LogP contribution in [0.15, 0.2) is 24.3 Å². The van der Waals surface area contributed by atoms with E-state index in [1.165, 1.54) is 11.1 Å². The van der Waals surface area contributed by atoms with Crippen LogP contribution in [0, 0.1) is 5.92 Å². The van der Waals surface area contributed by atoms with Gasteiger partial charge in [-0.3, -0.25) is 4.79 Å². The van der Waals surface area contributed by atoms with E-state index in [0.29, 0.717) is 0 Å². The number of hydrogen-bond donors (Lipinski definition) is 2. The summed E-state index contributed by atoms with van der Waals surface area (Å²) < 4.78 is 0. The van der Waals surface area contributed by atoms with Crippen molar-refractivity contribution in [2.45, 2.75) is 45.2 Å². The minimum atomic E-state index is -0.401. The lowest BCUT2D eigenvalue weighted by atomic mass is 9.88. The fourth-order valence-corrected chi connectivity index (χ4v) is 2.42. The van der Waals surface area contributed by atoms with Gasteiger partial charge in [0.15, 0.2) is 0 Å². The summed E-state index contributed by atoms with van der Waals surface area (Å²) in [6.07, 6.45) is 2.97. The molecule has 0 heterocycles. The number of aryl methyl sites for hydroxylation is 1. The average molecular weight is 283 g/mol. The van der Waals surface area contributed by atoms with Crippen LogP contribution in [0.5, 0.6) is 0 Å². The van der Waals surface area contributed by atoms with E-state index in [0.717, 1.165) is 19.3 Å². The second-order valence-corrected chi connectivity index (χ2v) is 5.49. The maximum atomic E-state index is 11.9. The van der Waals surface area contributed by atoms with E-state index in [1.807, 2.05) is 13.8 Å². The molecule has 19 heavy (non-hydrogen) atoms. The van der Waals surface area contributed by atoms with Crippen LogP contribution in [-0.2, 0) is 17.6 Å². The first kappa shape index (κ1) is 16.0. The van der Waals surface area contributed by atoms with Crippen LogP contribution in [0.25, 0.3) is 0 Å². The van der Waals surface area contributed by atoms with Crippen molar-refractivity contribution in [3.05, 3.63) is 35.4 Å². The third-order valence-electron chi connectivity index (χ3n) is 3.71. The van der Waals surface area contributed by atoms with E-state index in [9.17, 15) is 4.79 Å². The lowest BCUT2D eigenvalue weighted by molar-refractivity contribution is -0.124. The van der Waals surface area contributed by atoms with E-state index in [2.05, 4.69) is 29.6 Å². The standard InChI is InChI=1S/C15H22N2O.ClH/c1-10(2)14(16)15(18)17-13-8-7-11-5-3-4-6-12(11)9-13;/h3-6,10,13-14H,7-9,16H2,1-2H3,(H,17,18);1H/t13?,14-;/m0./s1. The van der Waals surface area contributed by atoms with E-state index >= 15 is 0 Å². The number of fused-ring (bicyclic) bond motifs is 1. The van der Waals surface area contributed by atoms with Crippen molar-refractivity contribution in [3.8, 4) is 0 Å². The number of nitrogens with one attached hydrogen (secondary N) is 1. The molecule has 2 rings (SSSR count). The second kappa shape index (κ2) is 6.92. The van der Waals surface area contributed by atoms with Gasteiger partial charge >= 0.3 is 0 Å².